The van der Waals surface area contributed by atoms with Gasteiger partial charge in [-0.15, -0.1) is 0 Å². The number of pyridine rings is 1. The molecule has 6 aromatic rings. The topological polar surface area (TPSA) is 61.5 Å². The summed E-state index contributed by atoms with van der Waals surface area (Å²) in [5.41, 5.74) is -0.104. The van der Waals surface area contributed by atoms with Crippen LogP contribution in [0.15, 0.2) is 65.6 Å². The summed E-state index contributed by atoms with van der Waals surface area (Å²) in [6.07, 6.45) is 1.41. The fourth-order valence-corrected chi connectivity index (χ4v) is 4.43. The van der Waals surface area contributed by atoms with Gasteiger partial charge in [-0.3, -0.25) is 4.79 Å². The molecule has 35 heavy (non-hydrogen) atoms. The Morgan fingerprint density at radius 1 is 0.743 bits per heavy atom. The minimum absolute atomic E-state index is 0.0691. The van der Waals surface area contributed by atoms with Crippen LogP contribution in [0.3, 0.4) is 0 Å². The molecule has 0 fully saturated rings. The molecule has 172 valence electrons. The number of fused-ring (bicyclic) bond motifs is 6. The molecule has 0 bridgehead atoms. The summed E-state index contributed by atoms with van der Waals surface area (Å²) >= 11 is 0. The zero-order valence-electron chi connectivity index (χ0n) is 17.5. The zero-order chi connectivity index (χ0) is 24.4. The Balaban J connectivity index is 1.73. The maximum absolute atomic E-state index is 14.5. The maximum atomic E-state index is 14.5. The van der Waals surface area contributed by atoms with Crippen LogP contribution in [0.5, 0.6) is 0 Å². The number of hydrogen-bond donors (Lipinski definition) is 2. The Bertz CT molecular complexity index is 1870. The first-order valence-corrected chi connectivity index (χ1v) is 10.4. The second-order valence-electron chi connectivity index (χ2n) is 7.98. The zero-order valence-corrected chi connectivity index (χ0v) is 17.5. The number of H-pyrrole nitrogens is 2. The van der Waals surface area contributed by atoms with Gasteiger partial charge < -0.3 is 9.97 Å². The third-order valence-corrected chi connectivity index (χ3v) is 6.02. The molecular formula is C26H12F5N3O. The Hall–Kier alpha value is -4.53. The lowest BCUT2D eigenvalue weighted by molar-refractivity contribution is 0.449. The number of hydrogen-bond acceptors (Lipinski definition) is 2. The molecular weight excluding hydrogens is 465 g/mol. The predicted octanol–water partition coefficient (Wildman–Crippen LogP) is 6.59. The summed E-state index contributed by atoms with van der Waals surface area (Å²) in [6, 6.07) is 11.5. The average Bonchev–Trinajstić information content (AvgIpc) is 3.28. The number of rotatable bonds is 2. The van der Waals surface area contributed by atoms with Crippen molar-refractivity contribution >= 4 is 32.6 Å². The van der Waals surface area contributed by atoms with Crippen LogP contribution < -0.4 is 5.56 Å². The van der Waals surface area contributed by atoms with E-state index < -0.39 is 34.6 Å². The largest absolute Gasteiger partial charge is 0.337 e. The van der Waals surface area contributed by atoms with Crippen molar-refractivity contribution < 1.29 is 22.0 Å². The highest BCUT2D eigenvalue weighted by molar-refractivity contribution is 6.23. The maximum Gasteiger partial charge on any atom is 0.256 e. The lowest BCUT2D eigenvalue weighted by atomic mass is 9.96. The van der Waals surface area contributed by atoms with Gasteiger partial charge in [0.2, 0.25) is 0 Å². The molecule has 9 heteroatoms. The van der Waals surface area contributed by atoms with Gasteiger partial charge in [-0.05, 0) is 47.3 Å². The molecule has 6 rings (SSSR count). The molecule has 0 atom stereocenters. The van der Waals surface area contributed by atoms with Crippen molar-refractivity contribution in [2.24, 2.45) is 0 Å². The SMILES string of the molecule is O=c1[nH]ccc2c3nc(-c4c(F)cccc4F)[nH]c3c3ccc(-c4ccc(F)c(F)c4F)cc3c12. The Labute approximate surface area is 192 Å². The molecule has 2 heterocycles. The quantitative estimate of drug-likeness (QED) is 0.168. The number of aromatic nitrogens is 3. The van der Waals surface area contributed by atoms with E-state index in [-0.39, 0.29) is 27.9 Å². The minimum atomic E-state index is -1.61. The van der Waals surface area contributed by atoms with E-state index in [9.17, 15) is 26.7 Å². The lowest BCUT2D eigenvalue weighted by Crippen LogP contribution is -2.05. The molecule has 4 nitrogen and oxygen atoms in total. The monoisotopic (exact) mass is 477 g/mol. The third kappa shape index (κ3) is 3.04. The summed E-state index contributed by atoms with van der Waals surface area (Å²) < 4.78 is 70.7. The smallest absolute Gasteiger partial charge is 0.256 e. The van der Waals surface area contributed by atoms with Gasteiger partial charge in [-0.2, -0.15) is 0 Å². The summed E-state index contributed by atoms with van der Waals surface area (Å²) in [4.78, 5) is 22.8. The Kier molecular flexibility index (Phi) is 4.50. The van der Waals surface area contributed by atoms with E-state index in [0.29, 0.717) is 27.2 Å². The Morgan fingerprint density at radius 3 is 2.29 bits per heavy atom. The average molecular weight is 477 g/mol. The second-order valence-corrected chi connectivity index (χ2v) is 7.98. The van der Waals surface area contributed by atoms with Gasteiger partial charge >= 0.3 is 0 Å². The fraction of sp³-hybridized carbons (Fsp3) is 0. The number of halogens is 5. The molecule has 2 aromatic heterocycles. The van der Waals surface area contributed by atoms with Gasteiger partial charge in [0.1, 0.15) is 17.5 Å². The van der Waals surface area contributed by atoms with Crippen LogP contribution >= 0.6 is 0 Å². The van der Waals surface area contributed by atoms with Gasteiger partial charge in [-0.25, -0.2) is 26.9 Å². The first kappa shape index (κ1) is 21.0. The molecule has 0 saturated carbocycles. The van der Waals surface area contributed by atoms with Crippen LogP contribution in [-0.2, 0) is 0 Å². The van der Waals surface area contributed by atoms with E-state index in [4.69, 9.17) is 0 Å². The van der Waals surface area contributed by atoms with E-state index in [2.05, 4.69) is 15.0 Å². The van der Waals surface area contributed by atoms with Crippen molar-refractivity contribution in [1.82, 2.24) is 15.0 Å². The summed E-state index contributed by atoms with van der Waals surface area (Å²) in [5.74, 6) is -5.98. The summed E-state index contributed by atoms with van der Waals surface area (Å²) in [5, 5.41) is 1.41. The fourth-order valence-electron chi connectivity index (χ4n) is 4.43. The molecule has 0 radical (unpaired) electrons. The number of benzene rings is 4. The van der Waals surface area contributed by atoms with Crippen LogP contribution in [0, 0.1) is 29.1 Å². The highest BCUT2D eigenvalue weighted by Crippen LogP contribution is 2.37. The van der Waals surface area contributed by atoms with Crippen molar-refractivity contribution in [3.05, 3.63) is 100 Å². The number of aromatic amines is 2. The molecule has 0 aliphatic carbocycles. The molecule has 4 aromatic carbocycles. The van der Waals surface area contributed by atoms with Gasteiger partial charge in [0.05, 0.1) is 22.0 Å². The molecule has 0 aliphatic heterocycles. The van der Waals surface area contributed by atoms with E-state index in [1.807, 2.05) is 0 Å². The van der Waals surface area contributed by atoms with Crippen LogP contribution in [0.1, 0.15) is 0 Å². The van der Waals surface area contributed by atoms with E-state index >= 15 is 0 Å². The minimum Gasteiger partial charge on any atom is -0.337 e. The number of nitrogens with one attached hydrogen (secondary N) is 2. The van der Waals surface area contributed by atoms with Gasteiger partial charge in [0.25, 0.3) is 5.56 Å². The lowest BCUT2D eigenvalue weighted by Gasteiger charge is -2.09. The van der Waals surface area contributed by atoms with Crippen LogP contribution in [0.25, 0.3) is 55.1 Å². The van der Waals surface area contributed by atoms with Crippen molar-refractivity contribution in [2.75, 3.05) is 0 Å². The highest BCUT2D eigenvalue weighted by atomic mass is 19.2. The van der Waals surface area contributed by atoms with Gasteiger partial charge in [0, 0.05) is 22.5 Å². The summed E-state index contributed by atoms with van der Waals surface area (Å²) in [7, 11) is 0. The van der Waals surface area contributed by atoms with E-state index in [1.54, 1.807) is 12.1 Å². The molecule has 2 N–H and O–H groups in total. The van der Waals surface area contributed by atoms with Crippen molar-refractivity contribution in [3.63, 3.8) is 0 Å². The first-order valence-electron chi connectivity index (χ1n) is 10.4. The van der Waals surface area contributed by atoms with Gasteiger partial charge in [0.15, 0.2) is 17.5 Å². The predicted molar refractivity (Wildman–Crippen MR) is 122 cm³/mol. The molecule has 0 amide bonds. The Morgan fingerprint density at radius 2 is 1.51 bits per heavy atom. The van der Waals surface area contributed by atoms with Crippen LogP contribution in [-0.4, -0.2) is 15.0 Å². The third-order valence-electron chi connectivity index (χ3n) is 6.02. The molecule has 0 aliphatic rings. The number of imidazole rings is 1. The van der Waals surface area contributed by atoms with E-state index in [0.717, 1.165) is 24.3 Å². The van der Waals surface area contributed by atoms with Crippen LogP contribution in [0.4, 0.5) is 22.0 Å². The second kappa shape index (κ2) is 7.49. The molecule has 0 saturated heterocycles. The molecule has 0 spiro atoms. The summed E-state index contributed by atoms with van der Waals surface area (Å²) in [6.45, 7) is 0. The highest BCUT2D eigenvalue weighted by Gasteiger charge is 2.21. The van der Waals surface area contributed by atoms with Crippen molar-refractivity contribution in [2.45, 2.75) is 0 Å². The van der Waals surface area contributed by atoms with Gasteiger partial charge in [-0.1, -0.05) is 18.2 Å². The molecule has 0 unspecified atom stereocenters. The van der Waals surface area contributed by atoms with Crippen molar-refractivity contribution in [3.8, 4) is 22.5 Å². The normalized spacial score (nSPS) is 11.7. The standard InChI is InChI=1S/C26H12F5N3O/c27-16-2-1-3-17(28)20(16)25-33-23-13-5-4-11(12-6-7-18(29)22(31)21(12)30)10-15(13)19-14(24(23)34-25)8-9-32-26(19)35/h1-10H,(H,32,35)(H,33,34). The number of nitrogens with zero attached hydrogens (tertiary/aromatic N) is 1. The van der Waals surface area contributed by atoms with Crippen LogP contribution in [0.2, 0.25) is 0 Å². The first-order chi connectivity index (χ1) is 16.8. The van der Waals surface area contributed by atoms with E-state index in [1.165, 1.54) is 24.4 Å². The van der Waals surface area contributed by atoms with Crippen molar-refractivity contribution in [1.29, 1.82) is 0 Å².